The minimum atomic E-state index is 0.670. The predicted octanol–water partition coefficient (Wildman–Crippen LogP) is 3.77. The molecule has 1 aromatic carbocycles. The molecule has 0 spiro atoms. The van der Waals surface area contributed by atoms with Crippen LogP contribution in [-0.4, -0.2) is 0 Å². The fraction of sp³-hybridized carbons (Fsp3) is 0.357. The van der Waals surface area contributed by atoms with E-state index in [1.165, 1.54) is 24.0 Å². The van der Waals surface area contributed by atoms with Crippen molar-refractivity contribution in [3.8, 4) is 6.07 Å². The maximum atomic E-state index is 8.71. The molecule has 0 unspecified atom stereocenters. The van der Waals surface area contributed by atoms with E-state index >= 15 is 0 Å². The normalized spacial score (nSPS) is 17.4. The Kier molecular flexibility index (Phi) is 2.87. The first-order valence-corrected chi connectivity index (χ1v) is 5.46. The van der Waals surface area contributed by atoms with Gasteiger partial charge in [-0.1, -0.05) is 24.3 Å². The van der Waals surface area contributed by atoms with Crippen LogP contribution in [0, 0.1) is 11.3 Å². The van der Waals surface area contributed by atoms with Crippen molar-refractivity contribution in [3.05, 3.63) is 47.5 Å². The Bertz CT molecular complexity index is 384. The molecule has 0 heterocycles. The fourth-order valence-corrected chi connectivity index (χ4v) is 2.19. The van der Waals surface area contributed by atoms with E-state index in [1.807, 2.05) is 12.1 Å². The quantitative estimate of drug-likeness (QED) is 0.629. The van der Waals surface area contributed by atoms with Crippen LogP contribution in [0.5, 0.6) is 0 Å². The molecule has 15 heavy (non-hydrogen) atoms. The zero-order chi connectivity index (χ0) is 10.7. The maximum Gasteiger partial charge on any atom is 0.0991 e. The number of hydrogen-bond donors (Lipinski definition) is 0. The molecule has 0 saturated heterocycles. The zero-order valence-corrected chi connectivity index (χ0v) is 8.87. The predicted molar refractivity (Wildman–Crippen MR) is 61.5 cm³/mol. The molecule has 0 aliphatic heterocycles. The summed E-state index contributed by atoms with van der Waals surface area (Å²) >= 11 is 0. The third-order valence-corrected chi connectivity index (χ3v) is 3.20. The lowest BCUT2D eigenvalue weighted by Gasteiger charge is -2.23. The molecule has 1 fully saturated rings. The van der Waals surface area contributed by atoms with Gasteiger partial charge in [-0.3, -0.25) is 0 Å². The van der Waals surface area contributed by atoms with Crippen LogP contribution in [0.2, 0.25) is 0 Å². The molecule has 1 heteroatoms. The highest BCUT2D eigenvalue weighted by Crippen LogP contribution is 2.34. The Morgan fingerprint density at radius 2 is 1.73 bits per heavy atom. The van der Waals surface area contributed by atoms with E-state index in [0.29, 0.717) is 5.92 Å². The van der Waals surface area contributed by atoms with Crippen molar-refractivity contribution in [3.63, 3.8) is 0 Å². The summed E-state index contributed by atoms with van der Waals surface area (Å²) in [5.74, 6) is 0.670. The monoisotopic (exact) mass is 197 g/mol. The second-order valence-corrected chi connectivity index (χ2v) is 4.26. The van der Waals surface area contributed by atoms with Crippen molar-refractivity contribution in [1.29, 1.82) is 5.26 Å². The number of nitrogens with zero attached hydrogens (tertiary/aromatic N) is 1. The van der Waals surface area contributed by atoms with Gasteiger partial charge >= 0.3 is 0 Å². The summed E-state index contributed by atoms with van der Waals surface area (Å²) in [5, 5.41) is 8.71. The number of rotatable bonds is 1. The van der Waals surface area contributed by atoms with Crippen molar-refractivity contribution in [2.24, 2.45) is 0 Å². The minimum absolute atomic E-state index is 0.670. The summed E-state index contributed by atoms with van der Waals surface area (Å²) in [4.78, 5) is 0. The van der Waals surface area contributed by atoms with Gasteiger partial charge < -0.3 is 0 Å². The van der Waals surface area contributed by atoms with E-state index in [1.54, 1.807) is 0 Å². The Morgan fingerprint density at radius 3 is 2.27 bits per heavy atom. The van der Waals surface area contributed by atoms with Crippen LogP contribution >= 0.6 is 0 Å². The molecule has 0 radical (unpaired) electrons. The van der Waals surface area contributed by atoms with Gasteiger partial charge in [-0.2, -0.15) is 5.26 Å². The lowest BCUT2D eigenvalue weighted by molar-refractivity contribution is 0.518. The number of benzene rings is 1. The van der Waals surface area contributed by atoms with Crippen LogP contribution in [-0.2, 0) is 0 Å². The van der Waals surface area contributed by atoms with E-state index in [4.69, 9.17) is 5.26 Å². The van der Waals surface area contributed by atoms with Crippen molar-refractivity contribution in [2.75, 3.05) is 0 Å². The maximum absolute atomic E-state index is 8.71. The summed E-state index contributed by atoms with van der Waals surface area (Å²) in [6, 6.07) is 10.2. The summed E-state index contributed by atoms with van der Waals surface area (Å²) in [5.41, 5.74) is 3.51. The summed E-state index contributed by atoms with van der Waals surface area (Å²) < 4.78 is 0. The van der Waals surface area contributed by atoms with Gasteiger partial charge in [0.05, 0.1) is 11.6 Å². The van der Waals surface area contributed by atoms with Crippen LogP contribution in [0.3, 0.4) is 0 Å². The second kappa shape index (κ2) is 4.31. The Morgan fingerprint density at radius 1 is 1.13 bits per heavy atom. The van der Waals surface area contributed by atoms with Gasteiger partial charge in [0.2, 0.25) is 0 Å². The third-order valence-electron chi connectivity index (χ3n) is 3.20. The number of hydrogen-bond acceptors (Lipinski definition) is 1. The first-order chi connectivity index (χ1) is 7.29. The highest BCUT2D eigenvalue weighted by atomic mass is 14.2. The molecule has 1 saturated carbocycles. The Balaban J connectivity index is 2.10. The highest BCUT2D eigenvalue weighted by molar-refractivity contribution is 5.33. The molecule has 76 valence electrons. The molecule has 0 N–H and O–H groups in total. The van der Waals surface area contributed by atoms with E-state index in [0.717, 1.165) is 18.4 Å². The van der Waals surface area contributed by atoms with Crippen LogP contribution in [0.15, 0.2) is 36.4 Å². The van der Waals surface area contributed by atoms with E-state index in [9.17, 15) is 0 Å². The lowest BCUT2D eigenvalue weighted by atomic mass is 9.82. The molecular formula is C14H15N. The van der Waals surface area contributed by atoms with Gasteiger partial charge in [0.15, 0.2) is 0 Å². The van der Waals surface area contributed by atoms with Crippen LogP contribution in [0.25, 0.3) is 0 Å². The Labute approximate surface area is 91.0 Å². The van der Waals surface area contributed by atoms with Crippen LogP contribution in [0.4, 0.5) is 0 Å². The molecule has 0 aromatic heterocycles. The van der Waals surface area contributed by atoms with Gasteiger partial charge in [-0.05, 0) is 49.3 Å². The number of nitriles is 1. The SMILES string of the molecule is C=C1CCC(c2ccc(C#N)cc2)CC1. The van der Waals surface area contributed by atoms with Crippen molar-refractivity contribution >= 4 is 0 Å². The first kappa shape index (κ1) is 9.98. The molecule has 1 aliphatic carbocycles. The van der Waals surface area contributed by atoms with Crippen molar-refractivity contribution < 1.29 is 0 Å². The highest BCUT2D eigenvalue weighted by Gasteiger charge is 2.16. The molecule has 1 aliphatic rings. The molecule has 1 nitrogen and oxygen atoms in total. The van der Waals surface area contributed by atoms with Crippen LogP contribution < -0.4 is 0 Å². The molecular weight excluding hydrogens is 182 g/mol. The average molecular weight is 197 g/mol. The van der Waals surface area contributed by atoms with Crippen LogP contribution in [0.1, 0.15) is 42.7 Å². The standard InChI is InChI=1S/C14H15N/c1-11-2-6-13(7-3-11)14-8-4-12(10-15)5-9-14/h4-5,8-9,13H,1-3,6-7H2. The zero-order valence-electron chi connectivity index (χ0n) is 8.87. The van der Waals surface area contributed by atoms with Gasteiger partial charge in [-0.25, -0.2) is 0 Å². The van der Waals surface area contributed by atoms with E-state index in [-0.39, 0.29) is 0 Å². The molecule has 2 rings (SSSR count). The number of allylic oxidation sites excluding steroid dienone is 1. The van der Waals surface area contributed by atoms with Gasteiger partial charge in [0.25, 0.3) is 0 Å². The summed E-state index contributed by atoms with van der Waals surface area (Å²) in [7, 11) is 0. The molecule has 0 bridgehead atoms. The summed E-state index contributed by atoms with van der Waals surface area (Å²) in [6.07, 6.45) is 4.74. The third kappa shape index (κ3) is 2.27. The summed E-state index contributed by atoms with van der Waals surface area (Å²) in [6.45, 7) is 4.03. The first-order valence-electron chi connectivity index (χ1n) is 5.46. The molecule has 0 amide bonds. The van der Waals surface area contributed by atoms with E-state index in [2.05, 4.69) is 24.8 Å². The fourth-order valence-electron chi connectivity index (χ4n) is 2.19. The van der Waals surface area contributed by atoms with E-state index < -0.39 is 0 Å². The van der Waals surface area contributed by atoms with Gasteiger partial charge in [0.1, 0.15) is 0 Å². The second-order valence-electron chi connectivity index (χ2n) is 4.26. The molecule has 1 aromatic rings. The lowest BCUT2D eigenvalue weighted by Crippen LogP contribution is -2.05. The van der Waals surface area contributed by atoms with Gasteiger partial charge in [-0.15, -0.1) is 0 Å². The Hall–Kier alpha value is -1.55. The van der Waals surface area contributed by atoms with Crippen molar-refractivity contribution in [1.82, 2.24) is 0 Å². The smallest absolute Gasteiger partial charge is 0.0991 e. The minimum Gasteiger partial charge on any atom is -0.192 e. The topological polar surface area (TPSA) is 23.8 Å². The molecule has 0 atom stereocenters. The van der Waals surface area contributed by atoms with Crippen molar-refractivity contribution in [2.45, 2.75) is 31.6 Å². The average Bonchev–Trinajstić information content (AvgIpc) is 2.30. The van der Waals surface area contributed by atoms with Gasteiger partial charge in [0, 0.05) is 0 Å². The largest absolute Gasteiger partial charge is 0.192 e.